The lowest BCUT2D eigenvalue weighted by atomic mass is 9.98. The smallest absolute Gasteiger partial charge is 0.409 e. The zero-order valence-corrected chi connectivity index (χ0v) is 22.8. The number of rotatable bonds is 7. The van der Waals surface area contributed by atoms with Crippen molar-refractivity contribution in [1.82, 2.24) is 19.6 Å². The molecule has 1 aliphatic rings. The first-order valence-electron chi connectivity index (χ1n) is 12.7. The molecule has 0 bridgehead atoms. The van der Waals surface area contributed by atoms with E-state index in [0.29, 0.717) is 54.8 Å². The fourth-order valence-corrected chi connectivity index (χ4v) is 4.46. The van der Waals surface area contributed by atoms with E-state index in [4.69, 9.17) is 16.3 Å². The molecule has 3 aromatic rings. The van der Waals surface area contributed by atoms with E-state index in [1.54, 1.807) is 85.3 Å². The van der Waals surface area contributed by atoms with Gasteiger partial charge in [0, 0.05) is 48.5 Å². The third kappa shape index (κ3) is 6.28. The van der Waals surface area contributed by atoms with Crippen LogP contribution in [0.25, 0.3) is 0 Å². The molecule has 1 saturated heterocycles. The van der Waals surface area contributed by atoms with E-state index in [1.165, 1.54) is 4.68 Å². The minimum absolute atomic E-state index is 0.141. The molecule has 3 amide bonds. The van der Waals surface area contributed by atoms with Crippen molar-refractivity contribution in [1.29, 1.82) is 0 Å². The van der Waals surface area contributed by atoms with E-state index in [1.807, 2.05) is 0 Å². The van der Waals surface area contributed by atoms with Crippen LogP contribution in [0.1, 0.15) is 51.9 Å². The fourth-order valence-electron chi connectivity index (χ4n) is 4.33. The monoisotopic (exact) mass is 551 g/mol. The van der Waals surface area contributed by atoms with Crippen molar-refractivity contribution in [3.8, 4) is 0 Å². The number of carbonyl (C=O) groups is 4. The van der Waals surface area contributed by atoms with Crippen LogP contribution in [-0.2, 0) is 9.53 Å². The Morgan fingerprint density at radius 2 is 1.59 bits per heavy atom. The molecule has 1 aromatic heterocycles. The van der Waals surface area contributed by atoms with Crippen molar-refractivity contribution in [3.63, 3.8) is 0 Å². The molecule has 39 heavy (non-hydrogen) atoms. The molecular formula is C28H30ClN5O5. The number of ether oxygens (including phenoxy) is 1. The summed E-state index contributed by atoms with van der Waals surface area (Å²) in [5.74, 6) is -0.908. The van der Waals surface area contributed by atoms with Gasteiger partial charge in [-0.1, -0.05) is 29.8 Å². The standard InChI is InChI=1S/C28H30ClN5O5/c1-4-39-28(38)33-15-13-32(14-16-33)27(37)19(3)34-17-24(18(2)31-34)30-26(36)23-8-6-5-7-22(23)25(35)20-9-11-21(29)12-10-20/h5-12,17,19H,4,13-16H2,1-3H3,(H,30,36). The van der Waals surface area contributed by atoms with Gasteiger partial charge in [-0.15, -0.1) is 0 Å². The molecule has 0 radical (unpaired) electrons. The lowest BCUT2D eigenvalue weighted by Crippen LogP contribution is -2.52. The first-order chi connectivity index (χ1) is 18.7. The quantitative estimate of drug-likeness (QED) is 0.440. The third-order valence-corrected chi connectivity index (χ3v) is 6.81. The van der Waals surface area contributed by atoms with Crippen LogP contribution < -0.4 is 5.32 Å². The van der Waals surface area contributed by atoms with E-state index in [9.17, 15) is 19.2 Å². The molecule has 0 spiro atoms. The SMILES string of the molecule is CCOC(=O)N1CCN(C(=O)C(C)n2cc(NC(=O)c3ccccc3C(=O)c3ccc(Cl)cc3)c(C)n2)CC1. The van der Waals surface area contributed by atoms with Crippen molar-refractivity contribution in [3.05, 3.63) is 82.1 Å². The van der Waals surface area contributed by atoms with Crippen molar-refractivity contribution in [2.45, 2.75) is 26.8 Å². The third-order valence-electron chi connectivity index (χ3n) is 6.56. The predicted molar refractivity (Wildman–Crippen MR) is 146 cm³/mol. The second-order valence-corrected chi connectivity index (χ2v) is 9.57. The molecular weight excluding hydrogens is 522 g/mol. The molecule has 1 unspecified atom stereocenters. The van der Waals surface area contributed by atoms with Gasteiger partial charge >= 0.3 is 6.09 Å². The predicted octanol–water partition coefficient (Wildman–Crippen LogP) is 4.19. The maximum Gasteiger partial charge on any atom is 0.409 e. The number of aromatic nitrogens is 2. The lowest BCUT2D eigenvalue weighted by molar-refractivity contribution is -0.136. The van der Waals surface area contributed by atoms with E-state index in [0.717, 1.165) is 0 Å². The average molecular weight is 552 g/mol. The van der Waals surface area contributed by atoms with Crippen molar-refractivity contribution >= 4 is 41.0 Å². The molecule has 11 heteroatoms. The van der Waals surface area contributed by atoms with Gasteiger partial charge in [0.25, 0.3) is 5.91 Å². The summed E-state index contributed by atoms with van der Waals surface area (Å²) < 4.78 is 6.54. The van der Waals surface area contributed by atoms with Gasteiger partial charge in [-0.05, 0) is 51.1 Å². The van der Waals surface area contributed by atoms with Gasteiger partial charge in [0.15, 0.2) is 5.78 Å². The number of nitrogens with zero attached hydrogens (tertiary/aromatic N) is 4. The Labute approximate surface area is 231 Å². The summed E-state index contributed by atoms with van der Waals surface area (Å²) >= 11 is 5.94. The van der Waals surface area contributed by atoms with Crippen LogP contribution in [0.5, 0.6) is 0 Å². The maximum atomic E-state index is 13.2. The number of benzene rings is 2. The molecule has 0 saturated carbocycles. The van der Waals surface area contributed by atoms with E-state index < -0.39 is 11.9 Å². The number of halogens is 1. The summed E-state index contributed by atoms with van der Waals surface area (Å²) in [7, 11) is 0. The second kappa shape index (κ2) is 12.1. The van der Waals surface area contributed by atoms with Crippen LogP contribution in [0.2, 0.25) is 5.02 Å². The molecule has 2 heterocycles. The summed E-state index contributed by atoms with van der Waals surface area (Å²) in [6, 6.07) is 12.4. The summed E-state index contributed by atoms with van der Waals surface area (Å²) in [4.78, 5) is 54.7. The number of hydrogen-bond donors (Lipinski definition) is 1. The van der Waals surface area contributed by atoms with Crippen LogP contribution >= 0.6 is 11.6 Å². The molecule has 0 aliphatic carbocycles. The molecule has 10 nitrogen and oxygen atoms in total. The minimum Gasteiger partial charge on any atom is -0.450 e. The van der Waals surface area contributed by atoms with Gasteiger partial charge < -0.3 is 19.9 Å². The Bertz CT molecular complexity index is 1380. The molecule has 1 N–H and O–H groups in total. The number of ketones is 1. The molecule has 1 aliphatic heterocycles. The molecule has 1 fully saturated rings. The van der Waals surface area contributed by atoms with E-state index in [2.05, 4.69) is 10.4 Å². The highest BCUT2D eigenvalue weighted by Crippen LogP contribution is 2.22. The van der Waals surface area contributed by atoms with Crippen LogP contribution in [-0.4, -0.2) is 76.1 Å². The van der Waals surface area contributed by atoms with Crippen molar-refractivity contribution in [2.75, 3.05) is 38.1 Å². The first kappa shape index (κ1) is 27.8. The Balaban J connectivity index is 1.44. The number of nitrogens with one attached hydrogen (secondary N) is 1. The van der Waals surface area contributed by atoms with Gasteiger partial charge in [-0.2, -0.15) is 5.10 Å². The molecule has 4 rings (SSSR count). The Morgan fingerprint density at radius 3 is 2.23 bits per heavy atom. The largest absolute Gasteiger partial charge is 0.450 e. The molecule has 1 atom stereocenters. The highest BCUT2D eigenvalue weighted by molar-refractivity contribution is 6.30. The fraction of sp³-hybridized carbons (Fsp3) is 0.321. The van der Waals surface area contributed by atoms with E-state index >= 15 is 0 Å². The van der Waals surface area contributed by atoms with Crippen LogP contribution in [0.15, 0.2) is 54.7 Å². The van der Waals surface area contributed by atoms with Gasteiger partial charge in [0.2, 0.25) is 5.91 Å². The summed E-state index contributed by atoms with van der Waals surface area (Å²) in [5.41, 5.74) is 1.84. The van der Waals surface area contributed by atoms with Crippen LogP contribution in [0.3, 0.4) is 0 Å². The molecule has 2 aromatic carbocycles. The van der Waals surface area contributed by atoms with Gasteiger partial charge in [0.05, 0.1) is 23.6 Å². The maximum absolute atomic E-state index is 13.2. The highest BCUT2D eigenvalue weighted by Gasteiger charge is 2.29. The van der Waals surface area contributed by atoms with Crippen molar-refractivity contribution < 1.29 is 23.9 Å². The van der Waals surface area contributed by atoms with Gasteiger partial charge in [0.1, 0.15) is 6.04 Å². The Kier molecular flexibility index (Phi) is 8.65. The normalized spacial score (nSPS) is 14.1. The zero-order valence-electron chi connectivity index (χ0n) is 22.0. The van der Waals surface area contributed by atoms with E-state index in [-0.39, 0.29) is 28.9 Å². The average Bonchev–Trinajstić information content (AvgIpc) is 3.32. The number of carbonyl (C=O) groups excluding carboxylic acids is 4. The van der Waals surface area contributed by atoms with Crippen LogP contribution in [0.4, 0.5) is 10.5 Å². The summed E-state index contributed by atoms with van der Waals surface area (Å²) in [6.45, 7) is 7.09. The number of anilines is 1. The topological polar surface area (TPSA) is 114 Å². The second-order valence-electron chi connectivity index (χ2n) is 9.13. The number of amides is 3. The Morgan fingerprint density at radius 1 is 0.974 bits per heavy atom. The van der Waals surface area contributed by atoms with Crippen molar-refractivity contribution in [2.24, 2.45) is 0 Å². The van der Waals surface area contributed by atoms with Gasteiger partial charge in [-0.25, -0.2) is 4.79 Å². The molecule has 204 valence electrons. The Hall–Kier alpha value is -4.18. The first-order valence-corrected chi connectivity index (χ1v) is 13.0. The van der Waals surface area contributed by atoms with Crippen LogP contribution in [0, 0.1) is 6.92 Å². The number of hydrogen-bond acceptors (Lipinski definition) is 6. The number of aryl methyl sites for hydroxylation is 1. The summed E-state index contributed by atoms with van der Waals surface area (Å²) in [5, 5.41) is 7.78. The number of piperazine rings is 1. The summed E-state index contributed by atoms with van der Waals surface area (Å²) in [6.07, 6.45) is 1.23. The van der Waals surface area contributed by atoms with Gasteiger partial charge in [-0.3, -0.25) is 19.1 Å². The lowest BCUT2D eigenvalue weighted by Gasteiger charge is -2.35. The minimum atomic E-state index is -0.623. The zero-order chi connectivity index (χ0) is 28.1. The highest BCUT2D eigenvalue weighted by atomic mass is 35.5.